The minimum atomic E-state index is -0.368. The van der Waals surface area contributed by atoms with Crippen LogP contribution in [0.3, 0.4) is 0 Å². The Labute approximate surface area is 213 Å². The number of amides is 2. The Morgan fingerprint density at radius 1 is 1.00 bits per heavy atom. The normalized spacial score (nSPS) is 14.5. The third-order valence-electron chi connectivity index (χ3n) is 5.22. The van der Waals surface area contributed by atoms with Crippen LogP contribution in [0.1, 0.15) is 16.7 Å². The maximum atomic E-state index is 12.9. The van der Waals surface area contributed by atoms with Crippen molar-refractivity contribution < 1.29 is 23.8 Å². The second-order valence-corrected chi connectivity index (χ2v) is 9.21. The molecule has 1 heterocycles. The van der Waals surface area contributed by atoms with E-state index in [0.29, 0.717) is 39.3 Å². The first-order valence-corrected chi connectivity index (χ1v) is 12.1. The van der Waals surface area contributed by atoms with Crippen LogP contribution in [0.15, 0.2) is 71.6 Å². The van der Waals surface area contributed by atoms with Crippen LogP contribution in [0.25, 0.3) is 6.08 Å². The fourth-order valence-electron chi connectivity index (χ4n) is 3.50. The Balaban J connectivity index is 1.44. The van der Waals surface area contributed by atoms with E-state index in [0.717, 1.165) is 22.9 Å². The van der Waals surface area contributed by atoms with Gasteiger partial charge in [0.05, 0.1) is 23.6 Å². The lowest BCUT2D eigenvalue weighted by atomic mass is 10.1. The van der Waals surface area contributed by atoms with Gasteiger partial charge in [-0.1, -0.05) is 54.1 Å². The lowest BCUT2D eigenvalue weighted by Gasteiger charge is -2.14. The average Bonchev–Trinajstić information content (AvgIpc) is 3.11. The van der Waals surface area contributed by atoms with Crippen LogP contribution in [-0.2, 0) is 11.4 Å². The van der Waals surface area contributed by atoms with Crippen LogP contribution in [-0.4, -0.2) is 36.3 Å². The second-order valence-electron chi connectivity index (χ2n) is 7.81. The number of nitrogens with zero attached hydrogens (tertiary/aromatic N) is 1. The molecule has 3 aromatic carbocycles. The number of benzene rings is 3. The van der Waals surface area contributed by atoms with Crippen LogP contribution < -0.4 is 14.2 Å². The van der Waals surface area contributed by atoms with Gasteiger partial charge in [-0.15, -0.1) is 0 Å². The molecule has 3 aromatic rings. The topological polar surface area (TPSA) is 65.1 Å². The van der Waals surface area contributed by atoms with Crippen LogP contribution in [0.4, 0.5) is 4.79 Å². The summed E-state index contributed by atoms with van der Waals surface area (Å²) in [6, 6.07) is 20.7. The Morgan fingerprint density at radius 3 is 2.54 bits per heavy atom. The van der Waals surface area contributed by atoms with Crippen LogP contribution >= 0.6 is 23.4 Å². The van der Waals surface area contributed by atoms with Crippen molar-refractivity contribution in [3.05, 3.63) is 93.3 Å². The van der Waals surface area contributed by atoms with Gasteiger partial charge >= 0.3 is 0 Å². The van der Waals surface area contributed by atoms with Crippen molar-refractivity contribution in [2.75, 3.05) is 20.3 Å². The molecule has 0 radical (unpaired) electrons. The lowest BCUT2D eigenvalue weighted by molar-refractivity contribution is -0.123. The van der Waals surface area contributed by atoms with Crippen molar-refractivity contribution in [3.8, 4) is 17.2 Å². The summed E-state index contributed by atoms with van der Waals surface area (Å²) in [4.78, 5) is 26.8. The maximum Gasteiger partial charge on any atom is 0.293 e. The van der Waals surface area contributed by atoms with Gasteiger partial charge < -0.3 is 14.2 Å². The molecule has 180 valence electrons. The van der Waals surface area contributed by atoms with Crippen LogP contribution in [0.5, 0.6) is 17.2 Å². The number of hydrogen-bond acceptors (Lipinski definition) is 6. The van der Waals surface area contributed by atoms with Gasteiger partial charge in [-0.05, 0) is 65.7 Å². The molecular weight excluding hydrogens is 486 g/mol. The van der Waals surface area contributed by atoms with Crippen molar-refractivity contribution in [1.29, 1.82) is 0 Å². The van der Waals surface area contributed by atoms with Gasteiger partial charge in [-0.3, -0.25) is 14.5 Å². The first-order valence-electron chi connectivity index (χ1n) is 10.9. The highest BCUT2D eigenvalue weighted by Crippen LogP contribution is 2.39. The standard InChI is InChI=1S/C27H24ClNO5S/c1-18-7-6-10-21(13-18)33-12-11-29-26(30)24(35-27(29)31)16-20-14-22(28)25(23(15-20)32-2)34-17-19-8-4-3-5-9-19/h3-10,13-16H,11-12,17H2,1-2H3/b24-16-. The second kappa shape index (κ2) is 11.3. The van der Waals surface area contributed by atoms with Gasteiger partial charge in [-0.2, -0.15) is 0 Å². The van der Waals surface area contributed by atoms with E-state index < -0.39 is 0 Å². The lowest BCUT2D eigenvalue weighted by Crippen LogP contribution is -2.32. The zero-order chi connectivity index (χ0) is 24.8. The summed E-state index contributed by atoms with van der Waals surface area (Å²) in [5, 5.41) is 0.00674. The molecule has 0 N–H and O–H groups in total. The van der Waals surface area contributed by atoms with Crippen LogP contribution in [0.2, 0.25) is 5.02 Å². The minimum Gasteiger partial charge on any atom is -0.493 e. The molecule has 35 heavy (non-hydrogen) atoms. The summed E-state index contributed by atoms with van der Waals surface area (Å²) in [6.07, 6.45) is 1.63. The highest BCUT2D eigenvalue weighted by atomic mass is 35.5. The minimum absolute atomic E-state index is 0.159. The van der Waals surface area contributed by atoms with Gasteiger partial charge in [0.25, 0.3) is 11.1 Å². The fourth-order valence-corrected chi connectivity index (χ4v) is 4.64. The number of thioether (sulfide) groups is 1. The van der Waals surface area contributed by atoms with E-state index in [1.165, 1.54) is 12.0 Å². The molecule has 1 saturated heterocycles. The summed E-state index contributed by atoms with van der Waals surface area (Å²) in [5.41, 5.74) is 2.69. The summed E-state index contributed by atoms with van der Waals surface area (Å²) >= 11 is 7.36. The number of halogens is 1. The summed E-state index contributed by atoms with van der Waals surface area (Å²) in [6.45, 7) is 2.67. The zero-order valence-corrected chi connectivity index (χ0v) is 20.9. The van der Waals surface area contributed by atoms with Crippen LogP contribution in [0, 0.1) is 6.92 Å². The third-order valence-corrected chi connectivity index (χ3v) is 6.41. The molecule has 0 saturated carbocycles. The largest absolute Gasteiger partial charge is 0.493 e. The zero-order valence-electron chi connectivity index (χ0n) is 19.3. The number of carbonyl (C=O) groups is 2. The van der Waals surface area contributed by atoms with Gasteiger partial charge in [0.15, 0.2) is 11.5 Å². The summed E-state index contributed by atoms with van der Waals surface area (Å²) < 4.78 is 17.0. The smallest absolute Gasteiger partial charge is 0.293 e. The van der Waals surface area contributed by atoms with E-state index in [1.54, 1.807) is 18.2 Å². The van der Waals surface area contributed by atoms with Gasteiger partial charge in [0.2, 0.25) is 0 Å². The average molecular weight is 510 g/mol. The molecule has 4 rings (SSSR count). The molecule has 0 aliphatic carbocycles. The predicted octanol–water partition coefficient (Wildman–Crippen LogP) is 6.35. The first kappa shape index (κ1) is 24.7. The molecule has 8 heteroatoms. The number of rotatable bonds is 9. The number of imide groups is 1. The summed E-state index contributed by atoms with van der Waals surface area (Å²) in [5.74, 6) is 1.18. The Hall–Kier alpha value is -3.42. The third kappa shape index (κ3) is 6.18. The number of aryl methyl sites for hydroxylation is 1. The van der Waals surface area contributed by atoms with Gasteiger partial charge in [0, 0.05) is 0 Å². The molecule has 2 amide bonds. The van der Waals surface area contributed by atoms with E-state index in [1.807, 2.05) is 61.5 Å². The Morgan fingerprint density at radius 2 is 1.80 bits per heavy atom. The van der Waals surface area contributed by atoms with Crippen molar-refractivity contribution >= 4 is 40.6 Å². The maximum absolute atomic E-state index is 12.9. The predicted molar refractivity (Wildman–Crippen MR) is 138 cm³/mol. The molecule has 0 bridgehead atoms. The molecule has 0 spiro atoms. The fraction of sp³-hybridized carbons (Fsp3) is 0.185. The number of carbonyl (C=O) groups excluding carboxylic acids is 2. The molecule has 0 unspecified atom stereocenters. The van der Waals surface area contributed by atoms with E-state index in [2.05, 4.69) is 0 Å². The van der Waals surface area contributed by atoms with Crippen molar-refractivity contribution in [1.82, 2.24) is 4.90 Å². The molecule has 0 aromatic heterocycles. The van der Waals surface area contributed by atoms with E-state index >= 15 is 0 Å². The summed E-state index contributed by atoms with van der Waals surface area (Å²) in [7, 11) is 1.52. The van der Waals surface area contributed by atoms with Crippen molar-refractivity contribution in [3.63, 3.8) is 0 Å². The highest BCUT2D eigenvalue weighted by molar-refractivity contribution is 8.18. The molecule has 0 atom stereocenters. The molecule has 1 fully saturated rings. The van der Waals surface area contributed by atoms with Crippen molar-refractivity contribution in [2.45, 2.75) is 13.5 Å². The van der Waals surface area contributed by atoms with E-state index in [-0.39, 0.29) is 24.3 Å². The highest BCUT2D eigenvalue weighted by Gasteiger charge is 2.35. The Kier molecular flexibility index (Phi) is 8.00. The quantitative estimate of drug-likeness (QED) is 0.313. The number of ether oxygens (including phenoxy) is 3. The molecule has 1 aliphatic rings. The monoisotopic (exact) mass is 509 g/mol. The first-order chi connectivity index (χ1) is 16.9. The van der Waals surface area contributed by atoms with Gasteiger partial charge in [-0.25, -0.2) is 0 Å². The Bertz CT molecular complexity index is 1260. The van der Waals surface area contributed by atoms with E-state index in [4.69, 9.17) is 25.8 Å². The molecular formula is C27H24ClNO5S. The molecule has 1 aliphatic heterocycles. The SMILES string of the molecule is COc1cc(/C=C2\SC(=O)N(CCOc3cccc(C)c3)C2=O)cc(Cl)c1OCc1ccccc1. The number of methoxy groups -OCH3 is 1. The van der Waals surface area contributed by atoms with E-state index in [9.17, 15) is 9.59 Å². The van der Waals surface area contributed by atoms with Gasteiger partial charge in [0.1, 0.15) is 19.0 Å². The number of hydrogen-bond donors (Lipinski definition) is 0. The molecule has 6 nitrogen and oxygen atoms in total. The van der Waals surface area contributed by atoms with Crippen molar-refractivity contribution in [2.24, 2.45) is 0 Å².